The predicted octanol–water partition coefficient (Wildman–Crippen LogP) is 4.84. The molecule has 5 nitrogen and oxygen atoms in total. The third kappa shape index (κ3) is 3.53. The van der Waals surface area contributed by atoms with Gasteiger partial charge in [-0.25, -0.2) is 0 Å². The van der Waals surface area contributed by atoms with E-state index in [4.69, 9.17) is 32.5 Å². The highest BCUT2D eigenvalue weighted by Crippen LogP contribution is 2.29. The zero-order valence-corrected chi connectivity index (χ0v) is 14.0. The SMILES string of the molecule is COc1ccc(/C=C(\Cl)c2nc(-c3cccc(Cl)c3)no2)cc1O. The smallest absolute Gasteiger partial charge is 0.269 e. The normalized spacial score (nSPS) is 11.5. The quantitative estimate of drug-likeness (QED) is 0.718. The van der Waals surface area contributed by atoms with Gasteiger partial charge in [-0.2, -0.15) is 4.98 Å². The Hall–Kier alpha value is -2.50. The Morgan fingerprint density at radius 3 is 2.79 bits per heavy atom. The van der Waals surface area contributed by atoms with Gasteiger partial charge >= 0.3 is 0 Å². The summed E-state index contributed by atoms with van der Waals surface area (Å²) in [7, 11) is 1.48. The molecule has 0 unspecified atom stereocenters. The van der Waals surface area contributed by atoms with Crippen molar-refractivity contribution in [1.29, 1.82) is 0 Å². The fraction of sp³-hybridized carbons (Fsp3) is 0.0588. The lowest BCUT2D eigenvalue weighted by Gasteiger charge is -2.03. The first-order valence-electron chi connectivity index (χ1n) is 6.91. The first-order valence-corrected chi connectivity index (χ1v) is 7.66. The van der Waals surface area contributed by atoms with E-state index >= 15 is 0 Å². The van der Waals surface area contributed by atoms with Crippen LogP contribution in [-0.4, -0.2) is 22.4 Å². The van der Waals surface area contributed by atoms with E-state index < -0.39 is 0 Å². The Labute approximate surface area is 148 Å². The fourth-order valence-electron chi connectivity index (χ4n) is 2.07. The van der Waals surface area contributed by atoms with Crippen LogP contribution in [0.5, 0.6) is 11.5 Å². The molecule has 24 heavy (non-hydrogen) atoms. The Balaban J connectivity index is 1.88. The van der Waals surface area contributed by atoms with Crippen molar-refractivity contribution in [3.8, 4) is 22.9 Å². The van der Waals surface area contributed by atoms with Gasteiger partial charge in [-0.15, -0.1) is 0 Å². The number of hydrogen-bond acceptors (Lipinski definition) is 5. The number of ether oxygens (including phenoxy) is 1. The molecule has 1 aromatic heterocycles. The number of benzene rings is 2. The second-order valence-corrected chi connectivity index (χ2v) is 5.70. The van der Waals surface area contributed by atoms with Crippen LogP contribution in [0.1, 0.15) is 11.5 Å². The minimum absolute atomic E-state index is 0.0147. The Bertz CT molecular complexity index is 906. The average molecular weight is 363 g/mol. The van der Waals surface area contributed by atoms with E-state index in [0.717, 1.165) is 5.56 Å². The van der Waals surface area contributed by atoms with E-state index in [1.54, 1.807) is 36.4 Å². The van der Waals surface area contributed by atoms with Gasteiger partial charge in [-0.3, -0.25) is 0 Å². The van der Waals surface area contributed by atoms with Crippen LogP contribution in [0.2, 0.25) is 5.02 Å². The van der Waals surface area contributed by atoms with Gasteiger partial charge in [0.05, 0.1) is 7.11 Å². The molecule has 0 saturated carbocycles. The highest BCUT2D eigenvalue weighted by Gasteiger charge is 2.12. The summed E-state index contributed by atoms with van der Waals surface area (Å²) in [6, 6.07) is 12.0. The van der Waals surface area contributed by atoms with Crippen LogP contribution in [-0.2, 0) is 0 Å². The second kappa shape index (κ2) is 6.95. The lowest BCUT2D eigenvalue weighted by atomic mass is 10.2. The van der Waals surface area contributed by atoms with Crippen molar-refractivity contribution < 1.29 is 14.4 Å². The molecule has 0 atom stereocenters. The van der Waals surface area contributed by atoms with Crippen LogP contribution < -0.4 is 4.74 Å². The average Bonchev–Trinajstić information content (AvgIpc) is 3.05. The Morgan fingerprint density at radius 1 is 1.25 bits per heavy atom. The molecule has 0 radical (unpaired) electrons. The minimum atomic E-state index is 0.0147. The number of methoxy groups -OCH3 is 1. The number of aromatic hydroxyl groups is 1. The van der Waals surface area contributed by atoms with Crippen molar-refractivity contribution in [2.45, 2.75) is 0 Å². The van der Waals surface area contributed by atoms with Crippen LogP contribution in [0, 0.1) is 0 Å². The number of halogens is 2. The molecule has 0 aliphatic rings. The molecule has 2 aromatic carbocycles. The molecule has 0 saturated heterocycles. The summed E-state index contributed by atoms with van der Waals surface area (Å²) in [6.45, 7) is 0. The summed E-state index contributed by atoms with van der Waals surface area (Å²) in [5, 5.41) is 14.5. The van der Waals surface area contributed by atoms with E-state index in [2.05, 4.69) is 10.1 Å². The second-order valence-electron chi connectivity index (χ2n) is 4.86. The molecule has 0 spiro atoms. The van der Waals surface area contributed by atoms with Crippen LogP contribution in [0.25, 0.3) is 22.5 Å². The number of hydrogen-bond donors (Lipinski definition) is 1. The van der Waals surface area contributed by atoms with Gasteiger partial charge in [0.25, 0.3) is 5.89 Å². The number of rotatable bonds is 4. The van der Waals surface area contributed by atoms with Gasteiger partial charge in [0.15, 0.2) is 11.5 Å². The summed E-state index contributed by atoms with van der Waals surface area (Å²) < 4.78 is 10.2. The molecule has 1 N–H and O–H groups in total. The van der Waals surface area contributed by atoms with Crippen LogP contribution in [0.15, 0.2) is 47.0 Å². The zero-order chi connectivity index (χ0) is 17.1. The maximum atomic E-state index is 9.79. The number of aromatic nitrogens is 2. The van der Waals surface area contributed by atoms with E-state index in [-0.39, 0.29) is 16.7 Å². The molecule has 3 aromatic rings. The third-order valence-corrected chi connectivity index (χ3v) is 3.72. The van der Waals surface area contributed by atoms with E-state index in [9.17, 15) is 5.11 Å². The number of phenolic OH excluding ortho intramolecular Hbond substituents is 1. The molecule has 0 aliphatic carbocycles. The molecule has 0 bridgehead atoms. The first-order chi connectivity index (χ1) is 11.6. The van der Waals surface area contributed by atoms with Crippen molar-refractivity contribution in [2.75, 3.05) is 7.11 Å². The van der Waals surface area contributed by atoms with Crippen molar-refractivity contribution in [2.24, 2.45) is 0 Å². The predicted molar refractivity (Wildman–Crippen MR) is 93.1 cm³/mol. The standard InChI is InChI=1S/C17H12Cl2N2O3/c1-23-15-6-5-10(8-14(15)22)7-13(19)17-20-16(21-24-17)11-3-2-4-12(18)9-11/h2-9,22H,1H3/b13-7-. The van der Waals surface area contributed by atoms with Gasteiger partial charge in [0.2, 0.25) is 5.82 Å². The summed E-state index contributed by atoms with van der Waals surface area (Å²) in [4.78, 5) is 4.25. The summed E-state index contributed by atoms with van der Waals surface area (Å²) in [5.41, 5.74) is 1.39. The van der Waals surface area contributed by atoms with E-state index in [1.807, 2.05) is 6.07 Å². The van der Waals surface area contributed by atoms with Crippen LogP contribution in [0.3, 0.4) is 0 Å². The van der Waals surface area contributed by atoms with Crippen molar-refractivity contribution in [3.05, 3.63) is 58.9 Å². The largest absolute Gasteiger partial charge is 0.504 e. The van der Waals surface area contributed by atoms with Gasteiger partial charge < -0.3 is 14.4 Å². The fourth-order valence-corrected chi connectivity index (χ4v) is 2.46. The highest BCUT2D eigenvalue weighted by atomic mass is 35.5. The topological polar surface area (TPSA) is 68.4 Å². The van der Waals surface area contributed by atoms with E-state index in [0.29, 0.717) is 22.2 Å². The van der Waals surface area contributed by atoms with Crippen molar-refractivity contribution in [1.82, 2.24) is 10.1 Å². The van der Waals surface area contributed by atoms with Crippen LogP contribution >= 0.6 is 23.2 Å². The molecule has 0 fully saturated rings. The lowest BCUT2D eigenvalue weighted by Crippen LogP contribution is -1.84. The third-order valence-electron chi connectivity index (χ3n) is 3.21. The molecule has 3 rings (SSSR count). The summed E-state index contributed by atoms with van der Waals surface area (Å²) >= 11 is 12.2. The Kier molecular flexibility index (Phi) is 4.74. The molecule has 7 heteroatoms. The molecule has 1 heterocycles. The summed E-state index contributed by atoms with van der Waals surface area (Å²) in [5.74, 6) is 0.948. The maximum absolute atomic E-state index is 9.79. The number of nitrogens with zero attached hydrogens (tertiary/aromatic N) is 2. The summed E-state index contributed by atoms with van der Waals surface area (Å²) in [6.07, 6.45) is 1.61. The van der Waals surface area contributed by atoms with E-state index in [1.165, 1.54) is 13.2 Å². The van der Waals surface area contributed by atoms with Crippen LogP contribution in [0.4, 0.5) is 0 Å². The molecular formula is C17H12Cl2N2O3. The molecule has 122 valence electrons. The molecule has 0 amide bonds. The lowest BCUT2D eigenvalue weighted by molar-refractivity contribution is 0.373. The first kappa shape index (κ1) is 16.4. The molecular weight excluding hydrogens is 351 g/mol. The Morgan fingerprint density at radius 2 is 2.08 bits per heavy atom. The maximum Gasteiger partial charge on any atom is 0.269 e. The zero-order valence-electron chi connectivity index (χ0n) is 12.5. The van der Waals surface area contributed by atoms with Gasteiger partial charge in [0.1, 0.15) is 5.03 Å². The monoisotopic (exact) mass is 362 g/mol. The van der Waals surface area contributed by atoms with Gasteiger partial charge in [-0.1, -0.05) is 46.6 Å². The van der Waals surface area contributed by atoms with Gasteiger partial charge in [-0.05, 0) is 35.9 Å². The highest BCUT2D eigenvalue weighted by molar-refractivity contribution is 6.50. The van der Waals surface area contributed by atoms with Gasteiger partial charge in [0, 0.05) is 10.6 Å². The minimum Gasteiger partial charge on any atom is -0.504 e. The molecule has 0 aliphatic heterocycles. The van der Waals surface area contributed by atoms with Crippen molar-refractivity contribution in [3.63, 3.8) is 0 Å². The van der Waals surface area contributed by atoms with Crippen molar-refractivity contribution >= 4 is 34.3 Å². The number of phenols is 1.